The summed E-state index contributed by atoms with van der Waals surface area (Å²) in [6, 6.07) is 6.38. The van der Waals surface area contributed by atoms with E-state index in [0.29, 0.717) is 6.42 Å². The van der Waals surface area contributed by atoms with Gasteiger partial charge in [-0.1, -0.05) is 12.1 Å². The van der Waals surface area contributed by atoms with E-state index in [0.717, 1.165) is 31.5 Å². The fraction of sp³-hybridized carbons (Fsp3) is 0.429. The van der Waals surface area contributed by atoms with Crippen LogP contribution in [0, 0.1) is 5.82 Å². The molecule has 0 bridgehead atoms. The third-order valence-electron chi connectivity index (χ3n) is 2.98. The van der Waals surface area contributed by atoms with Crippen LogP contribution in [0.15, 0.2) is 37.4 Å². The van der Waals surface area contributed by atoms with Gasteiger partial charge in [0.1, 0.15) is 5.82 Å². The van der Waals surface area contributed by atoms with Crippen LogP contribution >= 0.6 is 0 Å². The van der Waals surface area contributed by atoms with Crippen molar-refractivity contribution in [1.82, 2.24) is 5.32 Å². The lowest BCUT2D eigenvalue weighted by atomic mass is 9.86. The largest absolute Gasteiger partial charge is 0.389 e. The molecule has 3 heteroatoms. The van der Waals surface area contributed by atoms with Gasteiger partial charge in [-0.2, -0.15) is 0 Å². The number of hydrogen-bond acceptors (Lipinski definition) is 2. The number of halogens is 1. The Bertz CT molecular complexity index is 331. The third-order valence-corrected chi connectivity index (χ3v) is 2.98. The van der Waals surface area contributed by atoms with Gasteiger partial charge >= 0.3 is 0 Å². The van der Waals surface area contributed by atoms with Crippen LogP contribution in [0.5, 0.6) is 0 Å². The molecule has 1 saturated heterocycles. The molecule has 1 aliphatic rings. The molecule has 1 fully saturated rings. The average Bonchev–Trinajstić information content (AvgIpc) is 2.35. The molecular formula is C14H20FNO. The predicted octanol–water partition coefficient (Wildman–Crippen LogP) is 2.28. The van der Waals surface area contributed by atoms with E-state index in [-0.39, 0.29) is 5.82 Å². The number of aliphatic hydroxyl groups is 1. The Kier molecular flexibility index (Phi) is 5.32. The Morgan fingerprint density at radius 2 is 1.71 bits per heavy atom. The zero-order valence-corrected chi connectivity index (χ0v) is 10.1. The summed E-state index contributed by atoms with van der Waals surface area (Å²) >= 11 is 0. The quantitative estimate of drug-likeness (QED) is 0.773. The van der Waals surface area contributed by atoms with Crippen LogP contribution in [0.3, 0.4) is 0 Å². The van der Waals surface area contributed by atoms with E-state index in [4.69, 9.17) is 0 Å². The van der Waals surface area contributed by atoms with E-state index < -0.39 is 5.60 Å². The summed E-state index contributed by atoms with van der Waals surface area (Å²) < 4.78 is 12.7. The monoisotopic (exact) mass is 237 g/mol. The minimum atomic E-state index is -0.608. The summed E-state index contributed by atoms with van der Waals surface area (Å²) in [5.41, 5.74) is 0.393. The van der Waals surface area contributed by atoms with Crippen LogP contribution in [0.4, 0.5) is 4.39 Å². The topological polar surface area (TPSA) is 32.3 Å². The molecule has 1 aromatic rings. The van der Waals surface area contributed by atoms with Crippen molar-refractivity contribution in [2.24, 2.45) is 0 Å². The van der Waals surface area contributed by atoms with Gasteiger partial charge in [0.05, 0.1) is 5.60 Å². The fourth-order valence-corrected chi connectivity index (χ4v) is 2.05. The zero-order valence-electron chi connectivity index (χ0n) is 10.1. The molecule has 1 aliphatic heterocycles. The average molecular weight is 237 g/mol. The van der Waals surface area contributed by atoms with E-state index in [2.05, 4.69) is 18.5 Å². The van der Waals surface area contributed by atoms with Gasteiger partial charge < -0.3 is 10.4 Å². The molecule has 1 heterocycles. The summed E-state index contributed by atoms with van der Waals surface area (Å²) in [5, 5.41) is 13.5. The van der Waals surface area contributed by atoms with Crippen molar-refractivity contribution in [2.45, 2.75) is 24.9 Å². The predicted molar refractivity (Wildman–Crippen MR) is 68.4 cm³/mol. The molecular weight excluding hydrogens is 217 g/mol. The van der Waals surface area contributed by atoms with Gasteiger partial charge in [0, 0.05) is 6.42 Å². The molecule has 0 amide bonds. The second kappa shape index (κ2) is 6.52. The summed E-state index contributed by atoms with van der Waals surface area (Å²) in [6.07, 6.45) is 2.16. The van der Waals surface area contributed by atoms with Crippen LogP contribution in [0.1, 0.15) is 18.4 Å². The number of benzene rings is 1. The van der Waals surface area contributed by atoms with E-state index in [1.54, 1.807) is 12.1 Å². The maximum Gasteiger partial charge on any atom is 0.123 e. The molecule has 0 saturated carbocycles. The molecule has 94 valence electrons. The molecule has 0 aromatic heterocycles. The van der Waals surface area contributed by atoms with Gasteiger partial charge in [-0.15, -0.1) is 13.2 Å². The first kappa shape index (κ1) is 13.9. The molecule has 0 spiro atoms. The van der Waals surface area contributed by atoms with Gasteiger partial charge in [-0.3, -0.25) is 0 Å². The van der Waals surface area contributed by atoms with Crippen LogP contribution in [-0.2, 0) is 6.42 Å². The summed E-state index contributed by atoms with van der Waals surface area (Å²) in [7, 11) is 0. The molecule has 2 nitrogen and oxygen atoms in total. The highest BCUT2D eigenvalue weighted by Gasteiger charge is 2.28. The van der Waals surface area contributed by atoms with Gasteiger partial charge in [-0.05, 0) is 43.6 Å². The van der Waals surface area contributed by atoms with Gasteiger partial charge in [0.25, 0.3) is 0 Å². The van der Waals surface area contributed by atoms with Crippen molar-refractivity contribution in [3.8, 4) is 0 Å². The number of rotatable bonds is 2. The highest BCUT2D eigenvalue weighted by molar-refractivity contribution is 5.18. The molecule has 0 atom stereocenters. The van der Waals surface area contributed by atoms with Gasteiger partial charge in [-0.25, -0.2) is 4.39 Å². The third kappa shape index (κ3) is 4.29. The maximum absolute atomic E-state index is 12.7. The smallest absolute Gasteiger partial charge is 0.123 e. The standard InChI is InChI=1S/C12H16FNO.C2H4/c13-11-3-1-10(2-4-11)9-12(15)5-7-14-8-6-12;1-2/h1-4,14-15H,5-9H2;1-2H2. The van der Waals surface area contributed by atoms with Crippen molar-refractivity contribution < 1.29 is 9.50 Å². The zero-order chi connectivity index (χ0) is 12.7. The maximum atomic E-state index is 12.7. The normalized spacial score (nSPS) is 18.0. The van der Waals surface area contributed by atoms with Crippen molar-refractivity contribution in [3.63, 3.8) is 0 Å². The van der Waals surface area contributed by atoms with Gasteiger partial charge in [0.2, 0.25) is 0 Å². The molecule has 2 rings (SSSR count). The van der Waals surface area contributed by atoms with Crippen LogP contribution in [0.25, 0.3) is 0 Å². The summed E-state index contributed by atoms with van der Waals surface area (Å²) in [4.78, 5) is 0. The van der Waals surface area contributed by atoms with Crippen LogP contribution < -0.4 is 5.32 Å². The molecule has 0 unspecified atom stereocenters. The molecule has 17 heavy (non-hydrogen) atoms. The summed E-state index contributed by atoms with van der Waals surface area (Å²) in [6.45, 7) is 7.72. The van der Waals surface area contributed by atoms with Crippen LogP contribution in [-0.4, -0.2) is 23.8 Å². The second-order valence-electron chi connectivity index (χ2n) is 4.28. The Morgan fingerprint density at radius 3 is 2.24 bits per heavy atom. The summed E-state index contributed by atoms with van der Waals surface area (Å²) in [5.74, 6) is -0.226. The van der Waals surface area contributed by atoms with Crippen molar-refractivity contribution in [2.75, 3.05) is 13.1 Å². The van der Waals surface area contributed by atoms with Crippen LogP contribution in [0.2, 0.25) is 0 Å². The first-order valence-electron chi connectivity index (χ1n) is 5.86. The Labute approximate surface area is 102 Å². The Hall–Kier alpha value is -1.19. The first-order chi connectivity index (χ1) is 8.18. The highest BCUT2D eigenvalue weighted by Crippen LogP contribution is 2.23. The van der Waals surface area contributed by atoms with E-state index in [9.17, 15) is 9.50 Å². The molecule has 0 aliphatic carbocycles. The molecule has 2 N–H and O–H groups in total. The minimum absolute atomic E-state index is 0.226. The Balaban J connectivity index is 0.000000686. The highest BCUT2D eigenvalue weighted by atomic mass is 19.1. The lowest BCUT2D eigenvalue weighted by Crippen LogP contribution is -2.43. The molecule has 1 aromatic carbocycles. The lowest BCUT2D eigenvalue weighted by molar-refractivity contribution is 0.0108. The fourth-order valence-electron chi connectivity index (χ4n) is 2.05. The number of piperidine rings is 1. The van der Waals surface area contributed by atoms with E-state index in [1.165, 1.54) is 12.1 Å². The number of nitrogens with one attached hydrogen (secondary N) is 1. The van der Waals surface area contributed by atoms with Crippen molar-refractivity contribution in [1.29, 1.82) is 0 Å². The van der Waals surface area contributed by atoms with Crippen molar-refractivity contribution in [3.05, 3.63) is 48.8 Å². The van der Waals surface area contributed by atoms with Gasteiger partial charge in [0.15, 0.2) is 0 Å². The molecule has 0 radical (unpaired) electrons. The number of hydrogen-bond donors (Lipinski definition) is 2. The second-order valence-corrected chi connectivity index (χ2v) is 4.28. The minimum Gasteiger partial charge on any atom is -0.389 e. The van der Waals surface area contributed by atoms with Crippen molar-refractivity contribution >= 4 is 0 Å². The first-order valence-corrected chi connectivity index (χ1v) is 5.86. The SMILES string of the molecule is C=C.OC1(Cc2ccc(F)cc2)CCNCC1. The van der Waals surface area contributed by atoms with E-state index in [1.807, 2.05) is 0 Å². The van der Waals surface area contributed by atoms with E-state index >= 15 is 0 Å². The lowest BCUT2D eigenvalue weighted by Gasteiger charge is -2.32. The Morgan fingerprint density at radius 1 is 1.18 bits per heavy atom.